The van der Waals surface area contributed by atoms with Gasteiger partial charge in [0.1, 0.15) is 5.75 Å². The first-order valence-corrected chi connectivity index (χ1v) is 6.68. The summed E-state index contributed by atoms with van der Waals surface area (Å²) in [6.45, 7) is 6.65. The van der Waals surface area contributed by atoms with E-state index in [1.807, 2.05) is 12.1 Å². The predicted octanol–water partition coefficient (Wildman–Crippen LogP) is 4.01. The van der Waals surface area contributed by atoms with E-state index in [1.165, 1.54) is 31.2 Å². The molecule has 0 saturated heterocycles. The molecule has 96 valence electrons. The van der Waals surface area contributed by atoms with Crippen LogP contribution in [0.4, 0.5) is 0 Å². The van der Waals surface area contributed by atoms with Crippen LogP contribution in [-0.4, -0.2) is 11.1 Å². The molecule has 2 N–H and O–H groups in total. The number of hydrogen-bond donors (Lipinski definition) is 2. The molecule has 2 unspecified atom stereocenters. The molecule has 0 spiro atoms. The van der Waals surface area contributed by atoms with Gasteiger partial charge in [0.15, 0.2) is 0 Å². The van der Waals surface area contributed by atoms with E-state index in [-0.39, 0.29) is 0 Å². The molecule has 0 heterocycles. The lowest BCUT2D eigenvalue weighted by Crippen LogP contribution is -2.28. The fraction of sp³-hybridized carbons (Fsp3) is 0.600. The van der Waals surface area contributed by atoms with E-state index in [4.69, 9.17) is 0 Å². The second-order valence-electron chi connectivity index (χ2n) is 4.88. The van der Waals surface area contributed by atoms with E-state index in [1.54, 1.807) is 12.1 Å². The lowest BCUT2D eigenvalue weighted by molar-refractivity contribution is 0.439. The SMILES string of the molecule is CCCCCC(C)NC(C)c1ccc(O)cc1. The second kappa shape index (κ2) is 7.33. The molecule has 0 aliphatic heterocycles. The molecule has 0 aliphatic rings. The topological polar surface area (TPSA) is 32.3 Å². The summed E-state index contributed by atoms with van der Waals surface area (Å²) in [5.74, 6) is 0.331. The fourth-order valence-corrected chi connectivity index (χ4v) is 2.07. The molecule has 0 fully saturated rings. The summed E-state index contributed by atoms with van der Waals surface area (Å²) in [6, 6.07) is 8.33. The number of benzene rings is 1. The van der Waals surface area contributed by atoms with E-state index >= 15 is 0 Å². The van der Waals surface area contributed by atoms with E-state index in [0.29, 0.717) is 17.8 Å². The Morgan fingerprint density at radius 2 is 1.76 bits per heavy atom. The van der Waals surface area contributed by atoms with Crippen molar-refractivity contribution in [1.82, 2.24) is 5.32 Å². The first-order valence-electron chi connectivity index (χ1n) is 6.68. The van der Waals surface area contributed by atoms with Gasteiger partial charge in [-0.2, -0.15) is 0 Å². The Kier molecular flexibility index (Phi) is 6.06. The quantitative estimate of drug-likeness (QED) is 0.700. The van der Waals surface area contributed by atoms with Crippen LogP contribution in [0.3, 0.4) is 0 Å². The van der Waals surface area contributed by atoms with Crippen molar-refractivity contribution in [3.05, 3.63) is 29.8 Å². The second-order valence-corrected chi connectivity index (χ2v) is 4.88. The van der Waals surface area contributed by atoms with Crippen molar-refractivity contribution in [1.29, 1.82) is 0 Å². The molecule has 2 nitrogen and oxygen atoms in total. The molecule has 0 bridgehead atoms. The van der Waals surface area contributed by atoms with Crippen molar-refractivity contribution < 1.29 is 5.11 Å². The standard InChI is InChI=1S/C15H25NO/c1-4-5-6-7-12(2)16-13(3)14-8-10-15(17)11-9-14/h8-13,16-17H,4-7H2,1-3H3. The van der Waals surface area contributed by atoms with Crippen molar-refractivity contribution >= 4 is 0 Å². The third-order valence-electron chi connectivity index (χ3n) is 3.17. The van der Waals surface area contributed by atoms with Gasteiger partial charge in [-0.3, -0.25) is 0 Å². The highest BCUT2D eigenvalue weighted by Gasteiger charge is 2.08. The molecule has 17 heavy (non-hydrogen) atoms. The number of nitrogens with one attached hydrogen (secondary N) is 1. The van der Waals surface area contributed by atoms with Crippen LogP contribution in [0.2, 0.25) is 0 Å². The molecule has 1 aromatic carbocycles. The molecule has 0 saturated carbocycles. The van der Waals surface area contributed by atoms with Gasteiger partial charge in [-0.25, -0.2) is 0 Å². The molecule has 1 aromatic rings. The Balaban J connectivity index is 2.37. The van der Waals surface area contributed by atoms with Gasteiger partial charge in [-0.1, -0.05) is 38.3 Å². The zero-order valence-electron chi connectivity index (χ0n) is 11.2. The minimum atomic E-state index is 0.331. The summed E-state index contributed by atoms with van der Waals surface area (Å²) in [7, 11) is 0. The summed E-state index contributed by atoms with van der Waals surface area (Å²) >= 11 is 0. The molecular formula is C15H25NO. The maximum absolute atomic E-state index is 9.24. The Labute approximate surface area is 105 Å². The maximum atomic E-state index is 9.24. The summed E-state index contributed by atoms with van der Waals surface area (Å²) in [6.07, 6.45) is 5.13. The Morgan fingerprint density at radius 3 is 2.35 bits per heavy atom. The Morgan fingerprint density at radius 1 is 1.12 bits per heavy atom. The average molecular weight is 235 g/mol. The third kappa shape index (κ3) is 5.22. The van der Waals surface area contributed by atoms with Crippen molar-refractivity contribution in [3.8, 4) is 5.75 Å². The number of phenolic OH excluding ortho intramolecular Hbond substituents is 1. The zero-order valence-corrected chi connectivity index (χ0v) is 11.2. The highest BCUT2D eigenvalue weighted by molar-refractivity contribution is 5.27. The summed E-state index contributed by atoms with van der Waals surface area (Å²) in [5, 5.41) is 12.8. The minimum absolute atomic E-state index is 0.331. The summed E-state index contributed by atoms with van der Waals surface area (Å²) in [5.41, 5.74) is 1.23. The van der Waals surface area contributed by atoms with Gasteiger partial charge in [-0.05, 0) is 38.0 Å². The highest BCUT2D eigenvalue weighted by atomic mass is 16.3. The van der Waals surface area contributed by atoms with E-state index in [0.717, 1.165) is 0 Å². The molecule has 1 rings (SSSR count). The third-order valence-corrected chi connectivity index (χ3v) is 3.17. The number of aromatic hydroxyl groups is 1. The van der Waals surface area contributed by atoms with Crippen LogP contribution in [0, 0.1) is 0 Å². The Bertz CT molecular complexity index is 307. The van der Waals surface area contributed by atoms with Gasteiger partial charge >= 0.3 is 0 Å². The van der Waals surface area contributed by atoms with Crippen molar-refractivity contribution in [2.45, 2.75) is 58.5 Å². The molecule has 0 radical (unpaired) electrons. The van der Waals surface area contributed by atoms with Crippen molar-refractivity contribution in [2.75, 3.05) is 0 Å². The maximum Gasteiger partial charge on any atom is 0.115 e. The minimum Gasteiger partial charge on any atom is -0.508 e. The van der Waals surface area contributed by atoms with Crippen LogP contribution >= 0.6 is 0 Å². The zero-order chi connectivity index (χ0) is 12.7. The van der Waals surface area contributed by atoms with Gasteiger partial charge in [0, 0.05) is 12.1 Å². The smallest absolute Gasteiger partial charge is 0.115 e. The van der Waals surface area contributed by atoms with Gasteiger partial charge in [0.25, 0.3) is 0 Å². The molecule has 0 aromatic heterocycles. The molecule has 2 heteroatoms. The van der Waals surface area contributed by atoms with Crippen LogP contribution in [-0.2, 0) is 0 Å². The number of unbranched alkanes of at least 4 members (excludes halogenated alkanes) is 2. The van der Waals surface area contributed by atoms with Gasteiger partial charge < -0.3 is 10.4 Å². The molecule has 2 atom stereocenters. The van der Waals surface area contributed by atoms with E-state index in [2.05, 4.69) is 26.1 Å². The highest BCUT2D eigenvalue weighted by Crippen LogP contribution is 2.17. The van der Waals surface area contributed by atoms with Crippen molar-refractivity contribution in [3.63, 3.8) is 0 Å². The summed E-state index contributed by atoms with van der Waals surface area (Å²) in [4.78, 5) is 0. The van der Waals surface area contributed by atoms with E-state index < -0.39 is 0 Å². The van der Waals surface area contributed by atoms with Crippen LogP contribution in [0.15, 0.2) is 24.3 Å². The fourth-order valence-electron chi connectivity index (χ4n) is 2.07. The number of rotatable bonds is 7. The lowest BCUT2D eigenvalue weighted by Gasteiger charge is -2.20. The van der Waals surface area contributed by atoms with Crippen molar-refractivity contribution in [2.24, 2.45) is 0 Å². The predicted molar refractivity (Wildman–Crippen MR) is 73.3 cm³/mol. The van der Waals surface area contributed by atoms with Gasteiger partial charge in [0.2, 0.25) is 0 Å². The molecule has 0 aliphatic carbocycles. The largest absolute Gasteiger partial charge is 0.508 e. The van der Waals surface area contributed by atoms with Gasteiger partial charge in [0.05, 0.1) is 0 Å². The molecular weight excluding hydrogens is 210 g/mol. The van der Waals surface area contributed by atoms with Gasteiger partial charge in [-0.15, -0.1) is 0 Å². The normalized spacial score (nSPS) is 14.5. The first-order chi connectivity index (χ1) is 8.13. The number of hydrogen-bond acceptors (Lipinski definition) is 2. The Hall–Kier alpha value is -1.02. The lowest BCUT2D eigenvalue weighted by atomic mass is 10.1. The molecule has 0 amide bonds. The first kappa shape index (κ1) is 14.0. The van der Waals surface area contributed by atoms with Crippen LogP contribution < -0.4 is 5.32 Å². The van der Waals surface area contributed by atoms with Crippen LogP contribution in [0.25, 0.3) is 0 Å². The monoisotopic (exact) mass is 235 g/mol. The van der Waals surface area contributed by atoms with Crippen LogP contribution in [0.5, 0.6) is 5.75 Å². The summed E-state index contributed by atoms with van der Waals surface area (Å²) < 4.78 is 0. The average Bonchev–Trinajstić information content (AvgIpc) is 2.30. The van der Waals surface area contributed by atoms with E-state index in [9.17, 15) is 5.11 Å². The number of phenols is 1. The van der Waals surface area contributed by atoms with Crippen LogP contribution in [0.1, 0.15) is 58.1 Å².